The number of nitriles is 1. The lowest BCUT2D eigenvalue weighted by atomic mass is 10.1. The van der Waals surface area contributed by atoms with E-state index in [1.807, 2.05) is 51.1 Å². The molecular weight excluding hydrogens is 442 g/mol. The maximum Gasteiger partial charge on any atom is 0.266 e. The van der Waals surface area contributed by atoms with Crippen molar-refractivity contribution in [2.45, 2.75) is 20.8 Å². The standard InChI is InChI=1S/C29H24ClN3O/c1-19-15-26(30)11-14-28(19)32-29(34)25(18-31)17-24-16-20(2)33(21(24)3)27-12-9-23(10-13-27)22-7-5-4-6-8-22/h4-17H,1-3H3,(H,32,34)/b25-17+. The molecule has 168 valence electrons. The summed E-state index contributed by atoms with van der Waals surface area (Å²) in [5.74, 6) is -0.454. The van der Waals surface area contributed by atoms with Crippen LogP contribution in [0.15, 0.2) is 84.4 Å². The Morgan fingerprint density at radius 2 is 1.62 bits per heavy atom. The average molecular weight is 466 g/mol. The van der Waals surface area contributed by atoms with E-state index in [1.165, 1.54) is 5.56 Å². The minimum absolute atomic E-state index is 0.0361. The molecule has 0 radical (unpaired) electrons. The molecule has 1 N–H and O–H groups in total. The molecule has 0 saturated heterocycles. The summed E-state index contributed by atoms with van der Waals surface area (Å²) in [6, 6.07) is 27.8. The Balaban J connectivity index is 1.62. The van der Waals surface area contributed by atoms with Gasteiger partial charge in [0.1, 0.15) is 11.6 Å². The summed E-state index contributed by atoms with van der Waals surface area (Å²) in [5, 5.41) is 13.1. The van der Waals surface area contributed by atoms with E-state index in [9.17, 15) is 10.1 Å². The van der Waals surface area contributed by atoms with Gasteiger partial charge in [-0.05, 0) is 85.5 Å². The van der Waals surface area contributed by atoms with Crippen LogP contribution in [0.3, 0.4) is 0 Å². The first-order valence-corrected chi connectivity index (χ1v) is 11.3. The van der Waals surface area contributed by atoms with Crippen LogP contribution in [0, 0.1) is 32.1 Å². The molecule has 4 nitrogen and oxygen atoms in total. The molecule has 4 rings (SSSR count). The molecule has 3 aromatic carbocycles. The Bertz CT molecular complexity index is 1420. The molecule has 1 aromatic heterocycles. The van der Waals surface area contributed by atoms with Crippen LogP contribution in [0.4, 0.5) is 5.69 Å². The average Bonchev–Trinajstić information content (AvgIpc) is 3.12. The monoisotopic (exact) mass is 465 g/mol. The molecular formula is C29H24ClN3O. The minimum atomic E-state index is -0.454. The quantitative estimate of drug-likeness (QED) is 0.249. The fourth-order valence-corrected chi connectivity index (χ4v) is 4.25. The van der Waals surface area contributed by atoms with Crippen molar-refractivity contribution >= 4 is 29.3 Å². The number of carbonyl (C=O) groups excluding carboxylic acids is 1. The van der Waals surface area contributed by atoms with Gasteiger partial charge in [0.05, 0.1) is 0 Å². The van der Waals surface area contributed by atoms with Gasteiger partial charge in [0.25, 0.3) is 5.91 Å². The zero-order valence-corrected chi connectivity index (χ0v) is 20.0. The summed E-state index contributed by atoms with van der Waals surface area (Å²) in [6.45, 7) is 5.85. The third kappa shape index (κ3) is 4.80. The molecule has 1 amide bonds. The first-order valence-electron chi connectivity index (χ1n) is 10.9. The van der Waals surface area contributed by atoms with Crippen LogP contribution in [-0.4, -0.2) is 10.5 Å². The van der Waals surface area contributed by atoms with Gasteiger partial charge in [-0.1, -0.05) is 54.1 Å². The van der Waals surface area contributed by atoms with Gasteiger partial charge in [-0.25, -0.2) is 0 Å². The fourth-order valence-electron chi connectivity index (χ4n) is 4.03. The second-order valence-corrected chi connectivity index (χ2v) is 8.59. The Morgan fingerprint density at radius 3 is 2.26 bits per heavy atom. The number of nitrogens with zero attached hydrogens (tertiary/aromatic N) is 2. The molecule has 0 spiro atoms. The molecule has 0 saturated carbocycles. The van der Waals surface area contributed by atoms with Crippen LogP contribution < -0.4 is 5.32 Å². The maximum atomic E-state index is 12.8. The number of amides is 1. The molecule has 0 aliphatic carbocycles. The van der Waals surface area contributed by atoms with Crippen molar-refractivity contribution in [1.82, 2.24) is 4.57 Å². The highest BCUT2D eigenvalue weighted by molar-refractivity contribution is 6.30. The van der Waals surface area contributed by atoms with Gasteiger partial charge in [0.2, 0.25) is 0 Å². The number of halogens is 1. The van der Waals surface area contributed by atoms with E-state index in [4.69, 9.17) is 11.6 Å². The highest BCUT2D eigenvalue weighted by Crippen LogP contribution is 2.26. The smallest absolute Gasteiger partial charge is 0.266 e. The van der Waals surface area contributed by atoms with Crippen LogP contribution in [0.5, 0.6) is 0 Å². The number of aryl methyl sites for hydroxylation is 2. The normalized spacial score (nSPS) is 11.2. The molecule has 0 aliphatic heterocycles. The van der Waals surface area contributed by atoms with Crippen molar-refractivity contribution in [2.75, 3.05) is 5.32 Å². The Labute approximate surface area is 204 Å². The zero-order chi connectivity index (χ0) is 24.2. The zero-order valence-electron chi connectivity index (χ0n) is 19.3. The number of anilines is 1. The van der Waals surface area contributed by atoms with Gasteiger partial charge < -0.3 is 9.88 Å². The van der Waals surface area contributed by atoms with Gasteiger partial charge in [0, 0.05) is 27.8 Å². The number of carbonyl (C=O) groups is 1. The second kappa shape index (κ2) is 9.82. The first-order chi connectivity index (χ1) is 16.4. The van der Waals surface area contributed by atoms with Crippen LogP contribution in [0.1, 0.15) is 22.5 Å². The van der Waals surface area contributed by atoms with E-state index < -0.39 is 5.91 Å². The van der Waals surface area contributed by atoms with E-state index in [0.29, 0.717) is 10.7 Å². The number of nitrogens with one attached hydrogen (secondary N) is 1. The van der Waals surface area contributed by atoms with Crippen molar-refractivity contribution in [3.8, 4) is 22.9 Å². The third-order valence-electron chi connectivity index (χ3n) is 5.80. The number of hydrogen-bond acceptors (Lipinski definition) is 2. The van der Waals surface area contributed by atoms with E-state index >= 15 is 0 Å². The van der Waals surface area contributed by atoms with Crippen molar-refractivity contribution in [1.29, 1.82) is 5.26 Å². The van der Waals surface area contributed by atoms with Crippen molar-refractivity contribution < 1.29 is 4.79 Å². The minimum Gasteiger partial charge on any atom is -0.321 e. The molecule has 1 heterocycles. The van der Waals surface area contributed by atoms with Gasteiger partial charge >= 0.3 is 0 Å². The Morgan fingerprint density at radius 1 is 0.941 bits per heavy atom. The van der Waals surface area contributed by atoms with Gasteiger partial charge in [-0.2, -0.15) is 5.26 Å². The van der Waals surface area contributed by atoms with Crippen LogP contribution in [-0.2, 0) is 4.79 Å². The second-order valence-electron chi connectivity index (χ2n) is 8.16. The number of aromatic nitrogens is 1. The summed E-state index contributed by atoms with van der Waals surface area (Å²) in [6.07, 6.45) is 1.64. The summed E-state index contributed by atoms with van der Waals surface area (Å²) in [5.41, 5.74) is 7.62. The Kier molecular flexibility index (Phi) is 6.67. The lowest BCUT2D eigenvalue weighted by Gasteiger charge is -2.11. The van der Waals surface area contributed by atoms with E-state index in [2.05, 4.69) is 46.3 Å². The highest BCUT2D eigenvalue weighted by atomic mass is 35.5. The van der Waals surface area contributed by atoms with Crippen molar-refractivity contribution in [3.05, 3.63) is 112 Å². The Hall–Kier alpha value is -4.07. The largest absolute Gasteiger partial charge is 0.321 e. The first kappa shape index (κ1) is 23.1. The maximum absolute atomic E-state index is 12.8. The lowest BCUT2D eigenvalue weighted by Crippen LogP contribution is -2.14. The third-order valence-corrected chi connectivity index (χ3v) is 6.04. The number of hydrogen-bond donors (Lipinski definition) is 1. The van der Waals surface area contributed by atoms with Crippen molar-refractivity contribution in [3.63, 3.8) is 0 Å². The number of benzene rings is 3. The van der Waals surface area contributed by atoms with Gasteiger partial charge in [-0.3, -0.25) is 4.79 Å². The predicted molar refractivity (Wildman–Crippen MR) is 139 cm³/mol. The molecule has 4 aromatic rings. The van der Waals surface area contributed by atoms with Crippen LogP contribution >= 0.6 is 11.6 Å². The van der Waals surface area contributed by atoms with E-state index in [1.54, 1.807) is 24.3 Å². The fraction of sp³-hybridized carbons (Fsp3) is 0.103. The highest BCUT2D eigenvalue weighted by Gasteiger charge is 2.15. The van der Waals surface area contributed by atoms with Gasteiger partial charge in [-0.15, -0.1) is 0 Å². The SMILES string of the molecule is Cc1cc(Cl)ccc1NC(=O)/C(C#N)=C/c1cc(C)n(-c2ccc(-c3ccccc3)cc2)c1C. The molecule has 34 heavy (non-hydrogen) atoms. The van der Waals surface area contributed by atoms with Crippen LogP contribution in [0.25, 0.3) is 22.9 Å². The van der Waals surface area contributed by atoms with Crippen LogP contribution in [0.2, 0.25) is 5.02 Å². The van der Waals surface area contributed by atoms with E-state index in [0.717, 1.165) is 33.8 Å². The summed E-state index contributed by atoms with van der Waals surface area (Å²) < 4.78 is 2.12. The van der Waals surface area contributed by atoms with Gasteiger partial charge in [0.15, 0.2) is 0 Å². The number of rotatable bonds is 5. The summed E-state index contributed by atoms with van der Waals surface area (Å²) >= 11 is 6.00. The van der Waals surface area contributed by atoms with E-state index in [-0.39, 0.29) is 5.57 Å². The molecule has 0 aliphatic rings. The van der Waals surface area contributed by atoms with Crippen molar-refractivity contribution in [2.24, 2.45) is 0 Å². The lowest BCUT2D eigenvalue weighted by molar-refractivity contribution is -0.112. The predicted octanol–water partition coefficient (Wildman–Crippen LogP) is 7.27. The summed E-state index contributed by atoms with van der Waals surface area (Å²) in [4.78, 5) is 12.8. The molecule has 5 heteroatoms. The molecule has 0 unspecified atom stereocenters. The molecule has 0 atom stereocenters. The topological polar surface area (TPSA) is 57.8 Å². The molecule has 0 bridgehead atoms. The molecule has 0 fully saturated rings. The summed E-state index contributed by atoms with van der Waals surface area (Å²) in [7, 11) is 0.